The van der Waals surface area contributed by atoms with Crippen molar-refractivity contribution in [3.05, 3.63) is 119 Å². The first-order valence-electron chi connectivity index (χ1n) is 12.0. The number of hydrazone groups is 1. The highest BCUT2D eigenvalue weighted by Crippen LogP contribution is 2.29. The van der Waals surface area contributed by atoms with Crippen molar-refractivity contribution in [1.29, 1.82) is 0 Å². The molecule has 0 atom stereocenters. The summed E-state index contributed by atoms with van der Waals surface area (Å²) in [5.74, 6) is -0.604. The SMILES string of the molecule is CCOc1cc(/C=N/NC(=O)c2ccccc2NS(=O)(=O)c2ccc(Cl)cc2)ccc1OC(=O)c1ccccc1. The fourth-order valence-corrected chi connectivity index (χ4v) is 4.71. The van der Waals surface area contributed by atoms with E-state index in [1.54, 1.807) is 67.6 Å². The van der Waals surface area contributed by atoms with E-state index in [-0.39, 0.29) is 21.9 Å². The number of ether oxygens (including phenoxy) is 2. The summed E-state index contributed by atoms with van der Waals surface area (Å²) in [5, 5.41) is 4.38. The normalized spacial score (nSPS) is 11.2. The maximum absolute atomic E-state index is 12.8. The Labute approximate surface area is 236 Å². The molecule has 9 nitrogen and oxygen atoms in total. The number of carbonyl (C=O) groups is 2. The summed E-state index contributed by atoms with van der Waals surface area (Å²) in [4.78, 5) is 25.3. The molecule has 0 aliphatic carbocycles. The Balaban J connectivity index is 1.46. The van der Waals surface area contributed by atoms with Crippen molar-refractivity contribution in [3.8, 4) is 11.5 Å². The Morgan fingerprint density at radius 1 is 0.900 bits per heavy atom. The van der Waals surface area contributed by atoms with Crippen LogP contribution in [0.15, 0.2) is 107 Å². The van der Waals surface area contributed by atoms with Crippen molar-refractivity contribution < 1.29 is 27.5 Å². The average molecular weight is 578 g/mol. The lowest BCUT2D eigenvalue weighted by Crippen LogP contribution is -2.21. The predicted octanol–water partition coefficient (Wildman–Crippen LogP) is 5.52. The van der Waals surface area contributed by atoms with Crippen LogP contribution in [0.5, 0.6) is 11.5 Å². The standard InChI is InChI=1S/C29H24ClN3O6S/c1-2-38-27-18-20(12-17-26(27)39-29(35)21-8-4-3-5-9-21)19-31-32-28(34)24-10-6-7-11-25(24)33-40(36,37)23-15-13-22(30)14-16-23/h3-19,33H,2H2,1H3,(H,32,34)/b31-19+. The van der Waals surface area contributed by atoms with Gasteiger partial charge in [-0.25, -0.2) is 18.6 Å². The molecule has 4 rings (SSSR count). The van der Waals surface area contributed by atoms with Gasteiger partial charge in [0, 0.05) is 5.02 Å². The van der Waals surface area contributed by atoms with Crippen LogP contribution in [0.1, 0.15) is 33.2 Å². The van der Waals surface area contributed by atoms with Crippen LogP contribution in [0, 0.1) is 0 Å². The highest BCUT2D eigenvalue weighted by Gasteiger charge is 2.19. The first-order valence-corrected chi connectivity index (χ1v) is 13.9. The number of anilines is 1. The second-order valence-corrected chi connectivity index (χ2v) is 10.3. The molecule has 0 spiro atoms. The number of nitrogens with one attached hydrogen (secondary N) is 2. The number of hydrogen-bond acceptors (Lipinski definition) is 7. The van der Waals surface area contributed by atoms with Crippen LogP contribution in [-0.2, 0) is 10.0 Å². The fraction of sp³-hybridized carbons (Fsp3) is 0.0690. The lowest BCUT2D eigenvalue weighted by Gasteiger charge is -2.12. The van der Waals surface area contributed by atoms with Crippen LogP contribution >= 0.6 is 11.6 Å². The van der Waals surface area contributed by atoms with Crippen molar-refractivity contribution in [2.24, 2.45) is 5.10 Å². The number of halogens is 1. The first kappa shape index (κ1) is 28.3. The maximum atomic E-state index is 12.8. The molecule has 40 heavy (non-hydrogen) atoms. The second-order valence-electron chi connectivity index (χ2n) is 8.20. The molecule has 0 unspecified atom stereocenters. The third kappa shape index (κ3) is 7.25. The molecule has 1 amide bonds. The summed E-state index contributed by atoms with van der Waals surface area (Å²) in [6.07, 6.45) is 1.38. The summed E-state index contributed by atoms with van der Waals surface area (Å²) in [5.41, 5.74) is 3.49. The summed E-state index contributed by atoms with van der Waals surface area (Å²) in [7, 11) is -3.97. The summed E-state index contributed by atoms with van der Waals surface area (Å²) < 4.78 is 39.1. The van der Waals surface area contributed by atoms with Crippen LogP contribution in [0.4, 0.5) is 5.69 Å². The topological polar surface area (TPSA) is 123 Å². The summed E-state index contributed by atoms with van der Waals surface area (Å²) in [6.45, 7) is 2.12. The minimum absolute atomic E-state index is 0.00636. The Morgan fingerprint density at radius 2 is 1.60 bits per heavy atom. The molecule has 0 heterocycles. The monoisotopic (exact) mass is 577 g/mol. The third-order valence-corrected chi connectivity index (χ3v) is 7.03. The molecule has 11 heteroatoms. The number of sulfonamides is 1. The Morgan fingerprint density at radius 3 is 2.33 bits per heavy atom. The molecule has 0 aliphatic rings. The maximum Gasteiger partial charge on any atom is 0.343 e. The van der Waals surface area contributed by atoms with Crippen molar-refractivity contribution >= 4 is 45.4 Å². The van der Waals surface area contributed by atoms with E-state index >= 15 is 0 Å². The zero-order valence-corrected chi connectivity index (χ0v) is 22.8. The molecular formula is C29H24ClN3O6S. The number of esters is 1. The van der Waals surface area contributed by atoms with E-state index in [0.29, 0.717) is 28.5 Å². The zero-order valence-electron chi connectivity index (χ0n) is 21.2. The predicted molar refractivity (Wildman–Crippen MR) is 153 cm³/mol. The molecule has 0 aliphatic heterocycles. The lowest BCUT2D eigenvalue weighted by atomic mass is 10.2. The first-order chi connectivity index (χ1) is 19.3. The number of hydrogen-bond donors (Lipinski definition) is 2. The van der Waals surface area contributed by atoms with Crippen molar-refractivity contribution in [2.75, 3.05) is 11.3 Å². The van der Waals surface area contributed by atoms with E-state index in [1.807, 2.05) is 0 Å². The van der Waals surface area contributed by atoms with Gasteiger partial charge in [-0.1, -0.05) is 41.9 Å². The van der Waals surface area contributed by atoms with E-state index in [4.69, 9.17) is 21.1 Å². The van der Waals surface area contributed by atoms with E-state index < -0.39 is 21.9 Å². The number of nitrogens with zero attached hydrogens (tertiary/aromatic N) is 1. The van der Waals surface area contributed by atoms with Crippen LogP contribution in [0.25, 0.3) is 0 Å². The van der Waals surface area contributed by atoms with E-state index in [2.05, 4.69) is 15.2 Å². The number of amides is 1. The molecule has 204 valence electrons. The highest BCUT2D eigenvalue weighted by atomic mass is 35.5. The smallest absolute Gasteiger partial charge is 0.343 e. The van der Waals surface area contributed by atoms with Gasteiger partial charge in [0.05, 0.1) is 34.5 Å². The second kappa shape index (κ2) is 12.9. The van der Waals surface area contributed by atoms with Gasteiger partial charge in [0.1, 0.15) is 0 Å². The largest absolute Gasteiger partial charge is 0.490 e. The van der Waals surface area contributed by atoms with Gasteiger partial charge in [-0.05, 0) is 79.2 Å². The fourth-order valence-electron chi connectivity index (χ4n) is 3.50. The van der Waals surface area contributed by atoms with E-state index in [1.165, 1.54) is 42.6 Å². The van der Waals surface area contributed by atoms with Gasteiger partial charge >= 0.3 is 5.97 Å². The van der Waals surface area contributed by atoms with Crippen molar-refractivity contribution in [3.63, 3.8) is 0 Å². The zero-order chi connectivity index (χ0) is 28.5. The number of carbonyl (C=O) groups excluding carboxylic acids is 2. The minimum Gasteiger partial charge on any atom is -0.490 e. The molecule has 0 aromatic heterocycles. The molecule has 2 N–H and O–H groups in total. The molecular weight excluding hydrogens is 554 g/mol. The number of rotatable bonds is 10. The molecule has 4 aromatic carbocycles. The van der Waals surface area contributed by atoms with E-state index in [0.717, 1.165) is 0 Å². The Bertz CT molecular complexity index is 1640. The van der Waals surface area contributed by atoms with Gasteiger partial charge < -0.3 is 9.47 Å². The molecule has 0 saturated heterocycles. The van der Waals surface area contributed by atoms with Crippen LogP contribution in [0.2, 0.25) is 5.02 Å². The summed E-state index contributed by atoms with van der Waals surface area (Å²) >= 11 is 5.85. The van der Waals surface area contributed by atoms with Crippen molar-refractivity contribution in [1.82, 2.24) is 5.43 Å². The van der Waals surface area contributed by atoms with Gasteiger partial charge in [0.2, 0.25) is 0 Å². The van der Waals surface area contributed by atoms with Crippen LogP contribution in [0.3, 0.4) is 0 Å². The van der Waals surface area contributed by atoms with Gasteiger partial charge in [-0.3, -0.25) is 9.52 Å². The Hall–Kier alpha value is -4.67. The highest BCUT2D eigenvalue weighted by molar-refractivity contribution is 7.92. The average Bonchev–Trinajstić information content (AvgIpc) is 2.95. The number of benzene rings is 4. The lowest BCUT2D eigenvalue weighted by molar-refractivity contribution is 0.0728. The third-order valence-electron chi connectivity index (χ3n) is 5.40. The van der Waals surface area contributed by atoms with Crippen LogP contribution in [-0.4, -0.2) is 33.1 Å². The molecule has 0 saturated carbocycles. The molecule has 0 fully saturated rings. The molecule has 4 aromatic rings. The van der Waals surface area contributed by atoms with Crippen LogP contribution < -0.4 is 19.6 Å². The summed E-state index contributed by atoms with van der Waals surface area (Å²) in [6, 6.07) is 25.2. The molecule has 0 radical (unpaired) electrons. The number of para-hydroxylation sites is 1. The Kier molecular flexibility index (Phi) is 9.15. The van der Waals surface area contributed by atoms with Crippen molar-refractivity contribution in [2.45, 2.75) is 11.8 Å². The molecule has 0 bridgehead atoms. The van der Waals surface area contributed by atoms with Gasteiger partial charge in [-0.2, -0.15) is 5.10 Å². The van der Waals surface area contributed by atoms with Gasteiger partial charge in [-0.15, -0.1) is 0 Å². The van der Waals surface area contributed by atoms with Gasteiger partial charge in [0.15, 0.2) is 11.5 Å². The quantitative estimate of drug-likeness (QED) is 0.111. The van der Waals surface area contributed by atoms with E-state index in [9.17, 15) is 18.0 Å². The minimum atomic E-state index is -3.97. The van der Waals surface area contributed by atoms with Gasteiger partial charge in [0.25, 0.3) is 15.9 Å².